The van der Waals surface area contributed by atoms with E-state index in [1.807, 2.05) is 24.3 Å². The Balaban J connectivity index is 2.07. The van der Waals surface area contributed by atoms with Crippen molar-refractivity contribution in [2.75, 3.05) is 14.2 Å². The summed E-state index contributed by atoms with van der Waals surface area (Å²) in [6, 6.07) is 12.3. The minimum Gasteiger partial charge on any atom is -0.507 e. The maximum atomic E-state index is 12.2. The first-order valence-electron chi connectivity index (χ1n) is 6.86. The molecule has 2 N–H and O–H groups in total. The van der Waals surface area contributed by atoms with Crippen LogP contribution in [0.1, 0.15) is 21.5 Å². The summed E-state index contributed by atoms with van der Waals surface area (Å²) in [5.41, 5.74) is 2.21. The molecule has 0 aliphatic heterocycles. The summed E-state index contributed by atoms with van der Waals surface area (Å²) in [6.07, 6.45) is 0. The topological polar surface area (TPSA) is 67.8 Å². The average molecular weight is 301 g/mol. The lowest BCUT2D eigenvalue weighted by Gasteiger charge is -2.11. The van der Waals surface area contributed by atoms with Crippen molar-refractivity contribution >= 4 is 5.91 Å². The van der Waals surface area contributed by atoms with E-state index in [0.717, 1.165) is 11.1 Å². The Morgan fingerprint density at radius 2 is 1.86 bits per heavy atom. The molecular weight excluding hydrogens is 282 g/mol. The van der Waals surface area contributed by atoms with Gasteiger partial charge in [-0.15, -0.1) is 0 Å². The smallest absolute Gasteiger partial charge is 0.255 e. The average Bonchev–Trinajstić information content (AvgIpc) is 2.54. The summed E-state index contributed by atoms with van der Waals surface area (Å²) in [5.74, 6) is 0.0499. The Morgan fingerprint density at radius 3 is 2.50 bits per heavy atom. The van der Waals surface area contributed by atoms with Gasteiger partial charge in [-0.25, -0.2) is 0 Å². The zero-order valence-electron chi connectivity index (χ0n) is 12.6. The van der Waals surface area contributed by atoms with E-state index in [4.69, 9.17) is 9.47 Å². The first kappa shape index (κ1) is 15.9. The molecule has 5 nitrogen and oxygen atoms in total. The Labute approximate surface area is 129 Å². The van der Waals surface area contributed by atoms with Crippen LogP contribution < -0.4 is 10.1 Å². The number of carbonyl (C=O) groups is 1. The molecule has 0 fully saturated rings. The summed E-state index contributed by atoms with van der Waals surface area (Å²) < 4.78 is 10.1. The number of aromatic hydroxyl groups is 1. The highest BCUT2D eigenvalue weighted by Crippen LogP contribution is 2.23. The third kappa shape index (κ3) is 3.77. The van der Waals surface area contributed by atoms with Gasteiger partial charge in [-0.2, -0.15) is 0 Å². The van der Waals surface area contributed by atoms with E-state index in [0.29, 0.717) is 18.9 Å². The number of benzene rings is 2. The summed E-state index contributed by atoms with van der Waals surface area (Å²) in [4.78, 5) is 12.2. The summed E-state index contributed by atoms with van der Waals surface area (Å²) in [6.45, 7) is 0.851. The predicted molar refractivity (Wildman–Crippen MR) is 83.0 cm³/mol. The maximum absolute atomic E-state index is 12.2. The first-order chi connectivity index (χ1) is 10.7. The van der Waals surface area contributed by atoms with Crippen LogP contribution in [0.15, 0.2) is 42.5 Å². The fraction of sp³-hybridized carbons (Fsp3) is 0.235. The number of ether oxygens (including phenoxy) is 2. The van der Waals surface area contributed by atoms with Crippen molar-refractivity contribution < 1.29 is 19.4 Å². The van der Waals surface area contributed by atoms with Crippen LogP contribution in [0.2, 0.25) is 0 Å². The number of nitrogens with one attached hydrogen (secondary N) is 1. The zero-order valence-corrected chi connectivity index (χ0v) is 12.6. The first-order valence-corrected chi connectivity index (χ1v) is 6.86. The lowest BCUT2D eigenvalue weighted by Crippen LogP contribution is -2.23. The van der Waals surface area contributed by atoms with Crippen LogP contribution in [0.3, 0.4) is 0 Å². The molecule has 2 aromatic rings. The van der Waals surface area contributed by atoms with Crippen LogP contribution >= 0.6 is 0 Å². The molecule has 2 rings (SSSR count). The van der Waals surface area contributed by atoms with Crippen molar-refractivity contribution in [1.29, 1.82) is 0 Å². The number of methoxy groups -OCH3 is 2. The van der Waals surface area contributed by atoms with Crippen LogP contribution in [0, 0.1) is 0 Å². The van der Waals surface area contributed by atoms with E-state index in [9.17, 15) is 9.90 Å². The Morgan fingerprint density at radius 1 is 1.14 bits per heavy atom. The molecule has 0 spiro atoms. The second-order valence-corrected chi connectivity index (χ2v) is 4.77. The van der Waals surface area contributed by atoms with Crippen LogP contribution in [-0.4, -0.2) is 25.2 Å². The van der Waals surface area contributed by atoms with E-state index in [1.165, 1.54) is 19.2 Å². The SMILES string of the molecule is COCc1ccccc1CNC(=O)c1ccc(OC)cc1O. The minimum atomic E-state index is -0.340. The molecule has 0 radical (unpaired) electrons. The van der Waals surface area contributed by atoms with Crippen molar-refractivity contribution in [3.63, 3.8) is 0 Å². The molecule has 0 unspecified atom stereocenters. The largest absolute Gasteiger partial charge is 0.507 e. The third-order valence-electron chi connectivity index (χ3n) is 3.31. The molecule has 0 saturated heterocycles. The summed E-state index contributed by atoms with van der Waals surface area (Å²) in [7, 11) is 3.13. The molecule has 0 saturated carbocycles. The third-order valence-corrected chi connectivity index (χ3v) is 3.31. The lowest BCUT2D eigenvalue weighted by atomic mass is 10.1. The minimum absolute atomic E-state index is 0.109. The molecule has 0 aromatic heterocycles. The van der Waals surface area contributed by atoms with Crippen LogP contribution in [-0.2, 0) is 17.9 Å². The molecule has 1 amide bonds. The highest BCUT2D eigenvalue weighted by Gasteiger charge is 2.12. The van der Waals surface area contributed by atoms with Crippen molar-refractivity contribution in [1.82, 2.24) is 5.32 Å². The van der Waals surface area contributed by atoms with Crippen molar-refractivity contribution in [3.8, 4) is 11.5 Å². The van der Waals surface area contributed by atoms with Crippen LogP contribution in [0.25, 0.3) is 0 Å². The molecule has 2 aromatic carbocycles. The molecule has 5 heteroatoms. The molecule has 22 heavy (non-hydrogen) atoms. The van der Waals surface area contributed by atoms with E-state index < -0.39 is 0 Å². The van der Waals surface area contributed by atoms with Gasteiger partial charge in [-0.05, 0) is 23.3 Å². The number of phenolic OH excluding ortho intramolecular Hbond substituents is 1. The molecule has 0 heterocycles. The van der Waals surface area contributed by atoms with E-state index >= 15 is 0 Å². The number of hydrogen-bond acceptors (Lipinski definition) is 4. The fourth-order valence-electron chi connectivity index (χ4n) is 2.13. The van der Waals surface area contributed by atoms with Crippen LogP contribution in [0.5, 0.6) is 11.5 Å². The second kappa shape index (κ2) is 7.47. The molecule has 116 valence electrons. The lowest BCUT2D eigenvalue weighted by molar-refractivity contribution is 0.0947. The number of rotatable bonds is 6. The molecule has 0 bridgehead atoms. The molecule has 0 aliphatic rings. The quantitative estimate of drug-likeness (QED) is 0.860. The Hall–Kier alpha value is -2.53. The van der Waals surface area contributed by atoms with E-state index in [-0.39, 0.29) is 17.2 Å². The van der Waals surface area contributed by atoms with Crippen molar-refractivity contribution in [3.05, 3.63) is 59.2 Å². The van der Waals surface area contributed by atoms with E-state index in [2.05, 4.69) is 5.32 Å². The number of carbonyl (C=O) groups excluding carboxylic acids is 1. The molecule has 0 aliphatic carbocycles. The normalized spacial score (nSPS) is 10.3. The van der Waals surface area contributed by atoms with Gasteiger partial charge in [-0.1, -0.05) is 24.3 Å². The monoisotopic (exact) mass is 301 g/mol. The summed E-state index contributed by atoms with van der Waals surface area (Å²) >= 11 is 0. The van der Waals surface area contributed by atoms with Gasteiger partial charge in [0.1, 0.15) is 11.5 Å². The zero-order chi connectivity index (χ0) is 15.9. The van der Waals surface area contributed by atoms with Gasteiger partial charge in [0, 0.05) is 19.7 Å². The van der Waals surface area contributed by atoms with Gasteiger partial charge >= 0.3 is 0 Å². The predicted octanol–water partition coefficient (Wildman–Crippen LogP) is 2.48. The number of amides is 1. The number of phenols is 1. The van der Waals surface area contributed by atoms with Crippen LogP contribution in [0.4, 0.5) is 0 Å². The number of hydrogen-bond donors (Lipinski definition) is 2. The Bertz CT molecular complexity index is 655. The van der Waals surface area contributed by atoms with E-state index in [1.54, 1.807) is 13.2 Å². The van der Waals surface area contributed by atoms with Gasteiger partial charge < -0.3 is 19.9 Å². The highest BCUT2D eigenvalue weighted by atomic mass is 16.5. The highest BCUT2D eigenvalue weighted by molar-refractivity contribution is 5.96. The fourth-order valence-corrected chi connectivity index (χ4v) is 2.13. The van der Waals surface area contributed by atoms with Gasteiger partial charge in [0.15, 0.2) is 0 Å². The molecule has 0 atom stereocenters. The molecular formula is C17H19NO4. The van der Waals surface area contributed by atoms with Gasteiger partial charge in [-0.3, -0.25) is 4.79 Å². The maximum Gasteiger partial charge on any atom is 0.255 e. The van der Waals surface area contributed by atoms with Crippen molar-refractivity contribution in [2.24, 2.45) is 0 Å². The standard InChI is InChI=1S/C17H19NO4/c1-21-11-13-6-4-3-5-12(13)10-18-17(20)15-8-7-14(22-2)9-16(15)19/h3-9,19H,10-11H2,1-2H3,(H,18,20). The Kier molecular flexibility index (Phi) is 5.38. The second-order valence-electron chi connectivity index (χ2n) is 4.77. The van der Waals surface area contributed by atoms with Gasteiger partial charge in [0.2, 0.25) is 0 Å². The van der Waals surface area contributed by atoms with Gasteiger partial charge in [0.05, 0.1) is 19.3 Å². The van der Waals surface area contributed by atoms with Gasteiger partial charge in [0.25, 0.3) is 5.91 Å². The van der Waals surface area contributed by atoms with Crippen molar-refractivity contribution in [2.45, 2.75) is 13.2 Å². The summed E-state index contributed by atoms with van der Waals surface area (Å²) in [5, 5.41) is 12.7.